The Morgan fingerprint density at radius 1 is 1.21 bits per heavy atom. The molecule has 3 aromatic rings. The van der Waals surface area contributed by atoms with Crippen LogP contribution in [0.3, 0.4) is 0 Å². The number of nitro groups is 1. The fourth-order valence-corrected chi connectivity index (χ4v) is 4.86. The summed E-state index contributed by atoms with van der Waals surface area (Å²) in [6.07, 6.45) is 3.28. The number of amides is 1. The lowest BCUT2D eigenvalue weighted by atomic mass is 10.0. The van der Waals surface area contributed by atoms with Gasteiger partial charge in [0.05, 0.1) is 21.2 Å². The number of hydrogen-bond donors (Lipinski definition) is 1. The van der Waals surface area contributed by atoms with Crippen LogP contribution in [0, 0.1) is 10.1 Å². The van der Waals surface area contributed by atoms with Gasteiger partial charge in [0.15, 0.2) is 0 Å². The summed E-state index contributed by atoms with van der Waals surface area (Å²) in [4.78, 5) is 30.3. The van der Waals surface area contributed by atoms with Gasteiger partial charge >= 0.3 is 0 Å². The molecule has 1 aliphatic heterocycles. The minimum atomic E-state index is -0.419. The third-order valence-electron chi connectivity index (χ3n) is 5.17. The van der Waals surface area contributed by atoms with Crippen molar-refractivity contribution in [2.75, 3.05) is 18.4 Å². The molecule has 1 N–H and O–H groups in total. The second kappa shape index (κ2) is 8.57. The van der Waals surface area contributed by atoms with Crippen molar-refractivity contribution in [1.29, 1.82) is 0 Å². The van der Waals surface area contributed by atoms with Crippen LogP contribution in [0.1, 0.15) is 36.7 Å². The Hall–Kier alpha value is -3.00. The van der Waals surface area contributed by atoms with Gasteiger partial charge in [0, 0.05) is 25.6 Å². The normalized spacial score (nSPS) is 16.7. The molecule has 1 aromatic heterocycles. The van der Waals surface area contributed by atoms with Gasteiger partial charge in [0.25, 0.3) is 5.69 Å². The summed E-state index contributed by atoms with van der Waals surface area (Å²) >= 11 is 1.66. The van der Waals surface area contributed by atoms with Crippen LogP contribution in [0.25, 0.3) is 10.2 Å². The summed E-state index contributed by atoms with van der Waals surface area (Å²) in [5, 5.41) is 15.2. The van der Waals surface area contributed by atoms with Gasteiger partial charge in [-0.3, -0.25) is 14.9 Å². The molecule has 150 valence electrons. The highest BCUT2D eigenvalue weighted by atomic mass is 32.1. The SMILES string of the molecule is O=C(CCNc1ccccc1[N+](=O)[O-])N1CCCC[C@@H]1c1nc2ccccc2s1. The van der Waals surface area contributed by atoms with Crippen molar-refractivity contribution < 1.29 is 9.72 Å². The number of nitrogens with zero attached hydrogens (tertiary/aromatic N) is 3. The zero-order valence-corrected chi connectivity index (χ0v) is 16.7. The number of carbonyl (C=O) groups is 1. The lowest BCUT2D eigenvalue weighted by Gasteiger charge is -2.34. The van der Waals surface area contributed by atoms with Crippen molar-refractivity contribution in [3.63, 3.8) is 0 Å². The van der Waals surface area contributed by atoms with E-state index < -0.39 is 4.92 Å². The zero-order chi connectivity index (χ0) is 20.2. The molecule has 1 atom stereocenters. The molecule has 0 spiro atoms. The van der Waals surface area contributed by atoms with E-state index in [1.165, 1.54) is 6.07 Å². The van der Waals surface area contributed by atoms with Gasteiger partial charge < -0.3 is 10.2 Å². The number of benzene rings is 2. The molecule has 0 aliphatic carbocycles. The number of carbonyl (C=O) groups excluding carboxylic acids is 1. The van der Waals surface area contributed by atoms with Gasteiger partial charge in [-0.25, -0.2) is 4.98 Å². The Morgan fingerprint density at radius 3 is 2.83 bits per heavy atom. The van der Waals surface area contributed by atoms with Crippen molar-refractivity contribution in [2.24, 2.45) is 0 Å². The Balaban J connectivity index is 1.43. The molecule has 1 saturated heterocycles. The van der Waals surface area contributed by atoms with Crippen molar-refractivity contribution in [2.45, 2.75) is 31.7 Å². The van der Waals surface area contributed by atoms with Crippen LogP contribution in [-0.2, 0) is 4.79 Å². The molecule has 4 rings (SSSR count). The van der Waals surface area contributed by atoms with Crippen LogP contribution in [0.2, 0.25) is 0 Å². The molecule has 1 aliphatic rings. The summed E-state index contributed by atoms with van der Waals surface area (Å²) in [5.74, 6) is 0.0556. The Labute approximate surface area is 172 Å². The first kappa shape index (κ1) is 19.3. The number of thiazole rings is 1. The molecule has 1 amide bonds. The average molecular weight is 410 g/mol. The van der Waals surface area contributed by atoms with E-state index in [2.05, 4.69) is 11.4 Å². The summed E-state index contributed by atoms with van der Waals surface area (Å²) < 4.78 is 1.14. The molecule has 2 aromatic carbocycles. The summed E-state index contributed by atoms with van der Waals surface area (Å²) in [6.45, 7) is 1.08. The first-order valence-corrected chi connectivity index (χ1v) is 10.6. The predicted molar refractivity (Wildman–Crippen MR) is 114 cm³/mol. The Bertz CT molecular complexity index is 1000. The van der Waals surface area contributed by atoms with Gasteiger partial charge in [0.2, 0.25) is 5.91 Å². The van der Waals surface area contributed by atoms with Gasteiger partial charge in [-0.2, -0.15) is 0 Å². The number of nitrogens with one attached hydrogen (secondary N) is 1. The number of anilines is 1. The molecule has 29 heavy (non-hydrogen) atoms. The highest BCUT2D eigenvalue weighted by Crippen LogP contribution is 2.36. The zero-order valence-electron chi connectivity index (χ0n) is 15.9. The van der Waals surface area contributed by atoms with E-state index >= 15 is 0 Å². The highest BCUT2D eigenvalue weighted by Gasteiger charge is 2.30. The molecular weight excluding hydrogens is 388 g/mol. The number of hydrogen-bond acceptors (Lipinski definition) is 6. The van der Waals surface area contributed by atoms with Crippen LogP contribution < -0.4 is 5.32 Å². The minimum absolute atomic E-state index is 0.0136. The average Bonchev–Trinajstić information content (AvgIpc) is 3.18. The predicted octanol–water partition coefficient (Wildman–Crippen LogP) is 4.76. The van der Waals surface area contributed by atoms with E-state index in [1.54, 1.807) is 29.5 Å². The Kier molecular flexibility index (Phi) is 5.71. The van der Waals surface area contributed by atoms with Crippen LogP contribution in [0.5, 0.6) is 0 Å². The minimum Gasteiger partial charge on any atom is -0.379 e. The highest BCUT2D eigenvalue weighted by molar-refractivity contribution is 7.18. The van der Waals surface area contributed by atoms with Gasteiger partial charge in [0.1, 0.15) is 10.7 Å². The summed E-state index contributed by atoms with van der Waals surface area (Å²) in [6, 6.07) is 14.5. The lowest BCUT2D eigenvalue weighted by Crippen LogP contribution is -2.39. The first-order chi connectivity index (χ1) is 14.1. The maximum Gasteiger partial charge on any atom is 0.292 e. The standard InChI is InChI=1S/C21H22N4O3S/c26-20(12-13-22-15-7-1-3-9-17(15)25(27)28)24-14-6-5-10-18(24)21-23-16-8-2-4-11-19(16)29-21/h1-4,7-9,11,18,22H,5-6,10,12-14H2/t18-/m1/s1. The molecule has 0 saturated carbocycles. The molecule has 0 unspecified atom stereocenters. The van der Waals surface area contributed by atoms with Crippen LogP contribution in [-0.4, -0.2) is 33.8 Å². The molecule has 8 heteroatoms. The second-order valence-corrected chi connectivity index (χ2v) is 8.13. The number of likely N-dealkylation sites (tertiary alicyclic amines) is 1. The third-order valence-corrected chi connectivity index (χ3v) is 6.31. The molecular formula is C21H22N4O3S. The molecule has 7 nitrogen and oxygen atoms in total. The van der Waals surface area contributed by atoms with E-state index in [0.29, 0.717) is 12.2 Å². The van der Waals surface area contributed by atoms with Crippen LogP contribution in [0.15, 0.2) is 48.5 Å². The quantitative estimate of drug-likeness (QED) is 0.467. The monoisotopic (exact) mass is 410 g/mol. The van der Waals surface area contributed by atoms with E-state index in [0.717, 1.165) is 41.0 Å². The topological polar surface area (TPSA) is 88.4 Å². The maximum atomic E-state index is 12.9. The largest absolute Gasteiger partial charge is 0.379 e. The molecule has 0 bridgehead atoms. The number of rotatable bonds is 6. The number of fused-ring (bicyclic) bond motifs is 1. The van der Waals surface area contributed by atoms with Crippen LogP contribution in [0.4, 0.5) is 11.4 Å². The number of aromatic nitrogens is 1. The fraction of sp³-hybridized carbons (Fsp3) is 0.333. The van der Waals surface area contributed by atoms with Crippen molar-refractivity contribution >= 4 is 38.8 Å². The molecule has 0 radical (unpaired) electrons. The summed E-state index contributed by atoms with van der Waals surface area (Å²) in [7, 11) is 0. The smallest absolute Gasteiger partial charge is 0.292 e. The van der Waals surface area contributed by atoms with Crippen LogP contribution >= 0.6 is 11.3 Å². The van der Waals surface area contributed by atoms with Gasteiger partial charge in [-0.1, -0.05) is 24.3 Å². The number of para-hydroxylation sites is 3. The Morgan fingerprint density at radius 2 is 2.00 bits per heavy atom. The fourth-order valence-electron chi connectivity index (χ4n) is 3.75. The van der Waals surface area contributed by atoms with Gasteiger partial charge in [-0.15, -0.1) is 11.3 Å². The summed E-state index contributed by atoms with van der Waals surface area (Å²) in [5.41, 5.74) is 1.43. The second-order valence-electron chi connectivity index (χ2n) is 7.07. The van der Waals surface area contributed by atoms with Crippen molar-refractivity contribution in [3.8, 4) is 0 Å². The third kappa shape index (κ3) is 4.22. The van der Waals surface area contributed by atoms with E-state index in [-0.39, 0.29) is 24.1 Å². The van der Waals surface area contributed by atoms with E-state index in [1.807, 2.05) is 23.1 Å². The lowest BCUT2D eigenvalue weighted by molar-refractivity contribution is -0.384. The van der Waals surface area contributed by atoms with E-state index in [9.17, 15) is 14.9 Å². The number of piperidine rings is 1. The van der Waals surface area contributed by atoms with Crippen molar-refractivity contribution in [3.05, 3.63) is 63.7 Å². The first-order valence-electron chi connectivity index (χ1n) is 9.76. The van der Waals surface area contributed by atoms with Gasteiger partial charge in [-0.05, 0) is 37.5 Å². The number of nitro benzene ring substituents is 1. The molecule has 2 heterocycles. The van der Waals surface area contributed by atoms with Crippen molar-refractivity contribution in [1.82, 2.24) is 9.88 Å². The molecule has 1 fully saturated rings. The maximum absolute atomic E-state index is 12.9. The van der Waals surface area contributed by atoms with E-state index in [4.69, 9.17) is 4.98 Å².